The molecule has 0 saturated heterocycles. The lowest BCUT2D eigenvalue weighted by molar-refractivity contribution is -0.131. The molecular formula is C18H15F2N3O. The second kappa shape index (κ2) is 5.40. The van der Waals surface area contributed by atoms with Crippen LogP contribution < -0.4 is 0 Å². The molecule has 2 aromatic heterocycles. The number of aromatic amines is 1. The van der Waals surface area contributed by atoms with E-state index in [1.165, 1.54) is 6.92 Å². The molecule has 1 aromatic carbocycles. The van der Waals surface area contributed by atoms with Crippen LogP contribution in [0.1, 0.15) is 29.8 Å². The molecule has 0 fully saturated rings. The SMILES string of the molecule is CC(=O)N1CCc2c([nH]c3ncccc23)C1c1cc(F)ccc1F. The predicted molar refractivity (Wildman–Crippen MR) is 85.4 cm³/mol. The van der Waals surface area contributed by atoms with E-state index in [4.69, 9.17) is 0 Å². The summed E-state index contributed by atoms with van der Waals surface area (Å²) >= 11 is 0. The van der Waals surface area contributed by atoms with Gasteiger partial charge >= 0.3 is 0 Å². The monoisotopic (exact) mass is 327 g/mol. The average molecular weight is 327 g/mol. The molecule has 1 unspecified atom stereocenters. The highest BCUT2D eigenvalue weighted by atomic mass is 19.1. The zero-order valence-corrected chi connectivity index (χ0v) is 13.0. The number of pyridine rings is 1. The van der Waals surface area contributed by atoms with Gasteiger partial charge in [0.15, 0.2) is 0 Å². The van der Waals surface area contributed by atoms with E-state index in [1.807, 2.05) is 12.1 Å². The number of H-pyrrole nitrogens is 1. The zero-order valence-electron chi connectivity index (χ0n) is 13.0. The highest BCUT2D eigenvalue weighted by Crippen LogP contribution is 2.38. The normalized spacial score (nSPS) is 17.1. The predicted octanol–water partition coefficient (Wildman–Crippen LogP) is 3.34. The molecule has 1 amide bonds. The Hall–Kier alpha value is -2.76. The highest BCUT2D eigenvalue weighted by Gasteiger charge is 2.35. The molecule has 0 spiro atoms. The summed E-state index contributed by atoms with van der Waals surface area (Å²) in [5, 5.41) is 0.956. The first kappa shape index (κ1) is 14.8. The smallest absolute Gasteiger partial charge is 0.220 e. The summed E-state index contributed by atoms with van der Waals surface area (Å²) in [5.74, 6) is -1.25. The molecule has 1 aliphatic heterocycles. The molecule has 0 aliphatic carbocycles. The summed E-state index contributed by atoms with van der Waals surface area (Å²) < 4.78 is 28.1. The number of hydrogen-bond acceptors (Lipinski definition) is 2. The van der Waals surface area contributed by atoms with Gasteiger partial charge in [0.2, 0.25) is 5.91 Å². The van der Waals surface area contributed by atoms with Crippen LogP contribution in [0.4, 0.5) is 8.78 Å². The summed E-state index contributed by atoms with van der Waals surface area (Å²) in [6.45, 7) is 1.89. The molecule has 0 bridgehead atoms. The third kappa shape index (κ3) is 2.18. The van der Waals surface area contributed by atoms with E-state index in [2.05, 4.69) is 9.97 Å². The molecule has 122 valence electrons. The van der Waals surface area contributed by atoms with E-state index in [0.29, 0.717) is 24.3 Å². The van der Waals surface area contributed by atoms with Crippen LogP contribution in [0.2, 0.25) is 0 Å². The molecule has 1 atom stereocenters. The summed E-state index contributed by atoms with van der Waals surface area (Å²) in [5.41, 5.74) is 2.55. The number of halogens is 2. The Morgan fingerprint density at radius 2 is 2.17 bits per heavy atom. The number of aromatic nitrogens is 2. The summed E-state index contributed by atoms with van der Waals surface area (Å²) in [7, 11) is 0. The molecule has 3 aromatic rings. The average Bonchev–Trinajstić information content (AvgIpc) is 2.95. The Balaban J connectivity index is 1.98. The van der Waals surface area contributed by atoms with Crippen molar-refractivity contribution in [2.75, 3.05) is 6.54 Å². The van der Waals surface area contributed by atoms with Gasteiger partial charge in [-0.3, -0.25) is 4.79 Å². The van der Waals surface area contributed by atoms with Gasteiger partial charge in [-0.1, -0.05) is 0 Å². The first-order valence-corrected chi connectivity index (χ1v) is 7.74. The van der Waals surface area contributed by atoms with Gasteiger partial charge in [0.05, 0.1) is 0 Å². The van der Waals surface area contributed by atoms with Crippen molar-refractivity contribution in [3.05, 3.63) is 65.0 Å². The lowest BCUT2D eigenvalue weighted by Crippen LogP contribution is -2.39. The first-order chi connectivity index (χ1) is 11.6. The molecule has 4 rings (SSSR count). The fourth-order valence-corrected chi connectivity index (χ4v) is 3.50. The number of carbonyl (C=O) groups is 1. The van der Waals surface area contributed by atoms with Gasteiger partial charge < -0.3 is 9.88 Å². The number of benzene rings is 1. The van der Waals surface area contributed by atoms with Crippen molar-refractivity contribution in [1.82, 2.24) is 14.9 Å². The van der Waals surface area contributed by atoms with Crippen molar-refractivity contribution >= 4 is 16.9 Å². The van der Waals surface area contributed by atoms with Crippen LogP contribution in [0.5, 0.6) is 0 Å². The van der Waals surface area contributed by atoms with Crippen LogP contribution >= 0.6 is 0 Å². The minimum absolute atomic E-state index is 0.151. The number of amides is 1. The Morgan fingerprint density at radius 1 is 1.33 bits per heavy atom. The topological polar surface area (TPSA) is 49.0 Å². The molecule has 1 aliphatic rings. The van der Waals surface area contributed by atoms with Gasteiger partial charge in [0.1, 0.15) is 23.3 Å². The molecule has 0 radical (unpaired) electrons. The number of carbonyl (C=O) groups excluding carboxylic acids is 1. The third-order valence-electron chi connectivity index (χ3n) is 4.56. The standard InChI is InChI=1S/C18H15F2N3O/c1-10(24)23-8-6-12-13-3-2-7-21-18(13)22-16(12)17(23)14-9-11(19)4-5-15(14)20/h2-5,7,9,17H,6,8H2,1H3,(H,21,22). The number of nitrogens with one attached hydrogen (secondary N) is 1. The minimum atomic E-state index is -0.684. The maximum Gasteiger partial charge on any atom is 0.220 e. The van der Waals surface area contributed by atoms with Crippen LogP contribution in [-0.2, 0) is 11.2 Å². The molecule has 1 N–H and O–H groups in total. The largest absolute Gasteiger partial charge is 0.341 e. The number of fused-ring (bicyclic) bond motifs is 3. The molecule has 24 heavy (non-hydrogen) atoms. The van der Waals surface area contributed by atoms with Crippen molar-refractivity contribution in [3.8, 4) is 0 Å². The second-order valence-electron chi connectivity index (χ2n) is 5.95. The van der Waals surface area contributed by atoms with E-state index in [-0.39, 0.29) is 11.5 Å². The van der Waals surface area contributed by atoms with E-state index in [1.54, 1.807) is 11.1 Å². The molecule has 0 saturated carbocycles. The first-order valence-electron chi connectivity index (χ1n) is 7.74. The van der Waals surface area contributed by atoms with Gasteiger partial charge in [0.25, 0.3) is 0 Å². The molecule has 4 nitrogen and oxygen atoms in total. The zero-order chi connectivity index (χ0) is 16.8. The second-order valence-corrected chi connectivity index (χ2v) is 5.95. The summed E-state index contributed by atoms with van der Waals surface area (Å²) in [4.78, 5) is 21.1. The fourth-order valence-electron chi connectivity index (χ4n) is 3.50. The molecular weight excluding hydrogens is 312 g/mol. The van der Waals surface area contributed by atoms with E-state index >= 15 is 0 Å². The van der Waals surface area contributed by atoms with Crippen LogP contribution in [0.15, 0.2) is 36.5 Å². The van der Waals surface area contributed by atoms with E-state index in [9.17, 15) is 13.6 Å². The Kier molecular flexibility index (Phi) is 3.33. The van der Waals surface area contributed by atoms with Gasteiger partial charge in [-0.25, -0.2) is 13.8 Å². The van der Waals surface area contributed by atoms with Gasteiger partial charge in [0, 0.05) is 36.3 Å². The maximum absolute atomic E-state index is 14.4. The lowest BCUT2D eigenvalue weighted by atomic mass is 9.92. The third-order valence-corrected chi connectivity index (χ3v) is 4.56. The van der Waals surface area contributed by atoms with Crippen molar-refractivity contribution in [3.63, 3.8) is 0 Å². The Morgan fingerprint density at radius 3 is 2.96 bits per heavy atom. The van der Waals surface area contributed by atoms with Gasteiger partial charge in [-0.05, 0) is 42.3 Å². The number of nitrogens with zero attached hydrogens (tertiary/aromatic N) is 2. The van der Waals surface area contributed by atoms with Crippen molar-refractivity contribution in [2.45, 2.75) is 19.4 Å². The van der Waals surface area contributed by atoms with Crippen LogP contribution in [-0.4, -0.2) is 27.3 Å². The van der Waals surface area contributed by atoms with E-state index < -0.39 is 17.7 Å². The maximum atomic E-state index is 14.4. The Bertz CT molecular complexity index is 951. The van der Waals surface area contributed by atoms with Crippen molar-refractivity contribution in [2.24, 2.45) is 0 Å². The van der Waals surface area contributed by atoms with Crippen LogP contribution in [0.25, 0.3) is 11.0 Å². The van der Waals surface area contributed by atoms with Crippen molar-refractivity contribution < 1.29 is 13.6 Å². The number of rotatable bonds is 1. The molecule has 6 heteroatoms. The summed E-state index contributed by atoms with van der Waals surface area (Å²) in [6.07, 6.45) is 2.32. The lowest BCUT2D eigenvalue weighted by Gasteiger charge is -2.35. The quantitative estimate of drug-likeness (QED) is 0.745. The fraction of sp³-hybridized carbons (Fsp3) is 0.222. The van der Waals surface area contributed by atoms with Gasteiger partial charge in [-0.2, -0.15) is 0 Å². The summed E-state index contributed by atoms with van der Waals surface area (Å²) in [6, 6.07) is 6.43. The molecule has 3 heterocycles. The van der Waals surface area contributed by atoms with Crippen LogP contribution in [0, 0.1) is 11.6 Å². The highest BCUT2D eigenvalue weighted by molar-refractivity contribution is 5.83. The van der Waals surface area contributed by atoms with Gasteiger partial charge in [-0.15, -0.1) is 0 Å². The minimum Gasteiger partial charge on any atom is -0.341 e. The number of hydrogen-bond donors (Lipinski definition) is 1. The van der Waals surface area contributed by atoms with Crippen LogP contribution in [0.3, 0.4) is 0 Å². The van der Waals surface area contributed by atoms with E-state index in [0.717, 1.165) is 29.1 Å². The Labute approximate surface area is 137 Å². The van der Waals surface area contributed by atoms with Crippen molar-refractivity contribution in [1.29, 1.82) is 0 Å².